The van der Waals surface area contributed by atoms with Crippen molar-refractivity contribution in [1.29, 1.82) is 0 Å². The summed E-state index contributed by atoms with van der Waals surface area (Å²) >= 11 is 7.53. The Balaban J connectivity index is 1.50. The highest BCUT2D eigenvalue weighted by molar-refractivity contribution is 7.22. The first kappa shape index (κ1) is 19.7. The smallest absolute Gasteiger partial charge is 0.231 e. The van der Waals surface area contributed by atoms with Crippen LogP contribution in [0.2, 0.25) is 5.02 Å². The number of nitrogens with one attached hydrogen (secondary N) is 1. The van der Waals surface area contributed by atoms with E-state index in [1.54, 1.807) is 23.1 Å². The standard InChI is InChI=1S/C21H20ClN3O3S/c1-3-12-4-6-15-18(8-12)29-21(23-15)24-20(27)13-9-19(26)25(11-13)16-10-14(22)5-7-17(16)28-2/h4-8,10,13H,3,9,11H2,1-2H3,(H,23,24,27). The van der Waals surface area contributed by atoms with Gasteiger partial charge in [-0.1, -0.05) is 35.9 Å². The van der Waals surface area contributed by atoms with Gasteiger partial charge in [-0.3, -0.25) is 9.59 Å². The molecule has 1 unspecified atom stereocenters. The Hall–Kier alpha value is -2.64. The summed E-state index contributed by atoms with van der Waals surface area (Å²) in [4.78, 5) is 31.4. The molecule has 1 aromatic heterocycles. The SMILES string of the molecule is CCc1ccc2nc(NC(=O)C3CC(=O)N(c4cc(Cl)ccc4OC)C3)sc2c1. The maximum absolute atomic E-state index is 12.8. The number of hydrogen-bond donors (Lipinski definition) is 1. The maximum Gasteiger partial charge on any atom is 0.231 e. The molecule has 2 aromatic carbocycles. The Morgan fingerprint density at radius 3 is 2.93 bits per heavy atom. The van der Waals surface area contributed by atoms with Crippen LogP contribution in [0.4, 0.5) is 10.8 Å². The fourth-order valence-corrected chi connectivity index (χ4v) is 4.54. The second-order valence-electron chi connectivity index (χ2n) is 6.89. The first-order valence-corrected chi connectivity index (χ1v) is 10.5. The van der Waals surface area contributed by atoms with Gasteiger partial charge in [-0.15, -0.1) is 0 Å². The van der Waals surface area contributed by atoms with Crippen LogP contribution < -0.4 is 15.0 Å². The summed E-state index contributed by atoms with van der Waals surface area (Å²) in [5.74, 6) is -0.273. The lowest BCUT2D eigenvalue weighted by molar-refractivity contribution is -0.122. The number of ether oxygens (including phenoxy) is 1. The number of amides is 2. The molecule has 2 heterocycles. The van der Waals surface area contributed by atoms with Crippen molar-refractivity contribution < 1.29 is 14.3 Å². The van der Waals surface area contributed by atoms with E-state index in [-0.39, 0.29) is 24.8 Å². The predicted octanol–water partition coefficient (Wildman–Crippen LogP) is 4.51. The Kier molecular flexibility index (Phi) is 5.43. The van der Waals surface area contributed by atoms with E-state index >= 15 is 0 Å². The molecular weight excluding hydrogens is 410 g/mol. The van der Waals surface area contributed by atoms with Crippen molar-refractivity contribution in [2.24, 2.45) is 5.92 Å². The van der Waals surface area contributed by atoms with Gasteiger partial charge in [0.15, 0.2) is 5.13 Å². The number of aromatic nitrogens is 1. The van der Waals surface area contributed by atoms with Gasteiger partial charge in [-0.05, 0) is 42.3 Å². The fraction of sp³-hybridized carbons (Fsp3) is 0.286. The minimum atomic E-state index is -0.468. The van der Waals surface area contributed by atoms with Gasteiger partial charge in [0.1, 0.15) is 5.75 Å². The first-order chi connectivity index (χ1) is 14.0. The number of carbonyl (C=O) groups excluding carboxylic acids is 2. The molecule has 1 atom stereocenters. The quantitative estimate of drug-likeness (QED) is 0.647. The lowest BCUT2D eigenvalue weighted by Gasteiger charge is -2.19. The average Bonchev–Trinajstić information content (AvgIpc) is 3.29. The molecule has 1 saturated heterocycles. The van der Waals surface area contributed by atoms with Crippen molar-refractivity contribution in [2.75, 3.05) is 23.9 Å². The zero-order chi connectivity index (χ0) is 20.5. The van der Waals surface area contributed by atoms with Crippen LogP contribution in [0.15, 0.2) is 36.4 Å². The van der Waals surface area contributed by atoms with Crippen LogP contribution in [-0.2, 0) is 16.0 Å². The Labute approximate surface area is 177 Å². The number of anilines is 2. The molecule has 0 saturated carbocycles. The van der Waals surface area contributed by atoms with E-state index in [9.17, 15) is 9.59 Å². The zero-order valence-electron chi connectivity index (χ0n) is 16.1. The molecule has 0 aliphatic carbocycles. The van der Waals surface area contributed by atoms with E-state index in [0.29, 0.717) is 21.6 Å². The van der Waals surface area contributed by atoms with Gasteiger partial charge in [-0.25, -0.2) is 4.98 Å². The van der Waals surface area contributed by atoms with E-state index < -0.39 is 5.92 Å². The monoisotopic (exact) mass is 429 g/mol. The van der Waals surface area contributed by atoms with Crippen LogP contribution in [0.5, 0.6) is 5.75 Å². The van der Waals surface area contributed by atoms with Crippen molar-refractivity contribution in [3.05, 3.63) is 47.0 Å². The molecule has 0 radical (unpaired) electrons. The number of nitrogens with zero attached hydrogens (tertiary/aromatic N) is 2. The largest absolute Gasteiger partial charge is 0.495 e. The Bertz CT molecular complexity index is 1100. The minimum Gasteiger partial charge on any atom is -0.495 e. The van der Waals surface area contributed by atoms with Crippen LogP contribution in [-0.4, -0.2) is 30.5 Å². The highest BCUT2D eigenvalue weighted by Crippen LogP contribution is 2.36. The van der Waals surface area contributed by atoms with Gasteiger partial charge in [0.05, 0.1) is 28.9 Å². The molecule has 6 nitrogen and oxygen atoms in total. The van der Waals surface area contributed by atoms with Crippen LogP contribution in [0.3, 0.4) is 0 Å². The van der Waals surface area contributed by atoms with Gasteiger partial charge in [0, 0.05) is 18.0 Å². The van der Waals surface area contributed by atoms with Crippen LogP contribution in [0.1, 0.15) is 18.9 Å². The number of thiazole rings is 1. The number of aryl methyl sites for hydroxylation is 1. The molecule has 0 spiro atoms. The first-order valence-electron chi connectivity index (χ1n) is 9.32. The molecule has 8 heteroatoms. The van der Waals surface area contributed by atoms with E-state index in [1.165, 1.54) is 24.0 Å². The number of carbonyl (C=O) groups is 2. The summed E-state index contributed by atoms with van der Waals surface area (Å²) in [6.45, 7) is 2.37. The van der Waals surface area contributed by atoms with Crippen LogP contribution >= 0.6 is 22.9 Å². The number of methoxy groups -OCH3 is 1. The van der Waals surface area contributed by atoms with Crippen molar-refractivity contribution >= 4 is 55.8 Å². The van der Waals surface area contributed by atoms with Crippen LogP contribution in [0, 0.1) is 5.92 Å². The van der Waals surface area contributed by atoms with Gasteiger partial charge in [0.2, 0.25) is 11.8 Å². The highest BCUT2D eigenvalue weighted by atomic mass is 35.5. The normalized spacial score (nSPS) is 16.4. The average molecular weight is 430 g/mol. The van der Waals surface area contributed by atoms with Crippen molar-refractivity contribution in [3.8, 4) is 5.75 Å². The fourth-order valence-electron chi connectivity index (χ4n) is 3.44. The number of rotatable bonds is 5. The summed E-state index contributed by atoms with van der Waals surface area (Å²) < 4.78 is 6.38. The summed E-state index contributed by atoms with van der Waals surface area (Å²) in [6, 6.07) is 11.2. The summed E-state index contributed by atoms with van der Waals surface area (Å²) in [7, 11) is 1.54. The lowest BCUT2D eigenvalue weighted by Crippen LogP contribution is -2.28. The van der Waals surface area contributed by atoms with Crippen molar-refractivity contribution in [3.63, 3.8) is 0 Å². The Morgan fingerprint density at radius 1 is 1.34 bits per heavy atom. The molecule has 1 aliphatic heterocycles. The predicted molar refractivity (Wildman–Crippen MR) is 116 cm³/mol. The summed E-state index contributed by atoms with van der Waals surface area (Å²) in [6.07, 6.45) is 1.08. The summed E-state index contributed by atoms with van der Waals surface area (Å²) in [5.41, 5.74) is 2.66. The molecule has 1 N–H and O–H groups in total. The molecule has 1 fully saturated rings. The Morgan fingerprint density at radius 2 is 2.17 bits per heavy atom. The van der Waals surface area contributed by atoms with Crippen LogP contribution in [0.25, 0.3) is 10.2 Å². The molecule has 29 heavy (non-hydrogen) atoms. The third-order valence-electron chi connectivity index (χ3n) is 5.02. The van der Waals surface area contributed by atoms with Gasteiger partial charge >= 0.3 is 0 Å². The van der Waals surface area contributed by atoms with Gasteiger partial charge in [0.25, 0.3) is 0 Å². The van der Waals surface area contributed by atoms with E-state index in [1.807, 2.05) is 12.1 Å². The third kappa shape index (κ3) is 3.93. The molecule has 3 aromatic rings. The second-order valence-corrected chi connectivity index (χ2v) is 8.35. The number of benzene rings is 2. The number of fused-ring (bicyclic) bond motifs is 1. The molecule has 150 valence electrons. The maximum atomic E-state index is 12.8. The molecular formula is C21H20ClN3O3S. The second kappa shape index (κ2) is 8.00. The number of hydrogen-bond acceptors (Lipinski definition) is 5. The highest BCUT2D eigenvalue weighted by Gasteiger charge is 2.36. The van der Waals surface area contributed by atoms with E-state index in [2.05, 4.69) is 23.3 Å². The van der Waals surface area contributed by atoms with Gasteiger partial charge in [-0.2, -0.15) is 0 Å². The summed E-state index contributed by atoms with van der Waals surface area (Å²) in [5, 5.41) is 3.92. The molecule has 4 rings (SSSR count). The minimum absolute atomic E-state index is 0.131. The van der Waals surface area contributed by atoms with Gasteiger partial charge < -0.3 is 15.0 Å². The molecule has 2 amide bonds. The lowest BCUT2D eigenvalue weighted by atomic mass is 10.1. The zero-order valence-corrected chi connectivity index (χ0v) is 17.6. The molecule has 0 bridgehead atoms. The van der Waals surface area contributed by atoms with E-state index in [0.717, 1.165) is 16.6 Å². The van der Waals surface area contributed by atoms with Crippen molar-refractivity contribution in [1.82, 2.24) is 4.98 Å². The van der Waals surface area contributed by atoms with Crippen molar-refractivity contribution in [2.45, 2.75) is 19.8 Å². The van der Waals surface area contributed by atoms with E-state index in [4.69, 9.17) is 16.3 Å². The molecule has 1 aliphatic rings. The topological polar surface area (TPSA) is 71.5 Å². The number of halogens is 1. The third-order valence-corrected chi connectivity index (χ3v) is 6.19.